The van der Waals surface area contributed by atoms with Gasteiger partial charge in [-0.1, -0.05) is 26.8 Å². The van der Waals surface area contributed by atoms with E-state index < -0.39 is 0 Å². The number of nitrogens with zero attached hydrogens (tertiary/aromatic N) is 2. The van der Waals surface area contributed by atoms with Crippen LogP contribution in [0.4, 0.5) is 0 Å². The number of hydrogen-bond donors (Lipinski definition) is 0. The minimum Gasteiger partial charge on any atom is -0.382 e. The van der Waals surface area contributed by atoms with Crippen molar-refractivity contribution in [3.05, 3.63) is 36.0 Å². The van der Waals surface area contributed by atoms with Crippen LogP contribution in [0.15, 0.2) is 30.5 Å². The molecule has 1 saturated carbocycles. The van der Waals surface area contributed by atoms with Crippen LogP contribution in [0.3, 0.4) is 0 Å². The number of fused-ring (bicyclic) bond motifs is 3. The van der Waals surface area contributed by atoms with Crippen molar-refractivity contribution in [3.63, 3.8) is 0 Å². The number of amides is 1. The van der Waals surface area contributed by atoms with Gasteiger partial charge < -0.3 is 18.9 Å². The summed E-state index contributed by atoms with van der Waals surface area (Å²) in [5.41, 5.74) is 2.46. The zero-order chi connectivity index (χ0) is 20.6. The van der Waals surface area contributed by atoms with Gasteiger partial charge in [0.2, 0.25) is 0 Å². The van der Waals surface area contributed by atoms with Gasteiger partial charge in [0, 0.05) is 43.5 Å². The largest absolute Gasteiger partial charge is 0.382 e. The van der Waals surface area contributed by atoms with Crippen molar-refractivity contribution in [1.29, 1.82) is 0 Å². The van der Waals surface area contributed by atoms with E-state index in [-0.39, 0.29) is 11.3 Å². The number of rotatable bonds is 7. The molecule has 5 heteroatoms. The molecule has 2 fully saturated rings. The molecule has 2 bridgehead atoms. The Kier molecular flexibility index (Phi) is 5.47. The average Bonchev–Trinajstić information content (AvgIpc) is 3.17. The van der Waals surface area contributed by atoms with Crippen molar-refractivity contribution >= 4 is 16.8 Å². The van der Waals surface area contributed by atoms with Gasteiger partial charge in [-0.05, 0) is 53.7 Å². The molecule has 2 aliphatic rings. The molecule has 2 unspecified atom stereocenters. The van der Waals surface area contributed by atoms with E-state index in [0.717, 1.165) is 42.4 Å². The second-order valence-corrected chi connectivity index (χ2v) is 10.0. The van der Waals surface area contributed by atoms with Crippen LogP contribution in [0, 0.1) is 10.8 Å². The van der Waals surface area contributed by atoms with Gasteiger partial charge in [0.25, 0.3) is 5.91 Å². The minimum atomic E-state index is 0.183. The predicted octanol–water partition coefficient (Wildman–Crippen LogP) is 4.35. The lowest BCUT2D eigenvalue weighted by atomic mass is 9.65. The highest BCUT2D eigenvalue weighted by Gasteiger charge is 2.51. The predicted molar refractivity (Wildman–Crippen MR) is 115 cm³/mol. The molecule has 2 atom stereocenters. The van der Waals surface area contributed by atoms with Crippen LogP contribution in [0.5, 0.6) is 0 Å². The van der Waals surface area contributed by atoms with Crippen molar-refractivity contribution in [3.8, 4) is 0 Å². The van der Waals surface area contributed by atoms with Crippen LogP contribution in [0.25, 0.3) is 10.9 Å². The summed E-state index contributed by atoms with van der Waals surface area (Å²) in [6.07, 6.45) is 5.52. The zero-order valence-electron chi connectivity index (χ0n) is 18.2. The monoisotopic (exact) mass is 398 g/mol. The zero-order valence-corrected chi connectivity index (χ0v) is 18.2. The average molecular weight is 399 g/mol. The van der Waals surface area contributed by atoms with Gasteiger partial charge in [0.1, 0.15) is 0 Å². The number of ether oxygens (including phenoxy) is 2. The number of hydrogen-bond acceptors (Lipinski definition) is 3. The normalized spacial score (nSPS) is 25.7. The summed E-state index contributed by atoms with van der Waals surface area (Å²) < 4.78 is 12.8. The molecular formula is C24H34N2O3. The first-order valence-electron chi connectivity index (χ1n) is 10.8. The van der Waals surface area contributed by atoms with E-state index >= 15 is 0 Å². The number of carbonyl (C=O) groups excluding carboxylic acids is 1. The van der Waals surface area contributed by atoms with E-state index in [1.165, 1.54) is 6.42 Å². The Morgan fingerprint density at radius 3 is 2.76 bits per heavy atom. The third-order valence-electron chi connectivity index (χ3n) is 6.60. The molecule has 1 aliphatic heterocycles. The van der Waals surface area contributed by atoms with Crippen molar-refractivity contribution in [2.45, 2.75) is 52.6 Å². The van der Waals surface area contributed by atoms with Gasteiger partial charge in [-0.2, -0.15) is 0 Å². The summed E-state index contributed by atoms with van der Waals surface area (Å²) in [4.78, 5) is 15.6. The van der Waals surface area contributed by atoms with Crippen LogP contribution in [-0.4, -0.2) is 54.9 Å². The van der Waals surface area contributed by atoms with Crippen LogP contribution in [0.1, 0.15) is 50.4 Å². The molecule has 1 saturated heterocycles. The maximum Gasteiger partial charge on any atom is 0.254 e. The standard InChI is InChI=1S/C24H34N2O3/c1-23(2)14-20-15-24(3,16-23)17-26(20)22(27)19-6-5-18-7-8-25(21(18)13-19)9-10-29-12-11-28-4/h5-8,13,20H,9-12,14-17H2,1-4H3. The fraction of sp³-hybridized carbons (Fsp3) is 0.625. The highest BCUT2D eigenvalue weighted by atomic mass is 16.5. The Hall–Kier alpha value is -1.85. The molecular weight excluding hydrogens is 364 g/mol. The van der Waals surface area contributed by atoms with Crippen molar-refractivity contribution in [2.24, 2.45) is 10.8 Å². The molecule has 2 aromatic rings. The molecule has 1 aromatic heterocycles. The molecule has 1 aromatic carbocycles. The van der Waals surface area contributed by atoms with Gasteiger partial charge >= 0.3 is 0 Å². The molecule has 2 heterocycles. The first-order chi connectivity index (χ1) is 13.8. The maximum atomic E-state index is 13.4. The van der Waals surface area contributed by atoms with Crippen LogP contribution < -0.4 is 0 Å². The summed E-state index contributed by atoms with van der Waals surface area (Å²) in [6, 6.07) is 8.58. The van der Waals surface area contributed by atoms with E-state index in [1.54, 1.807) is 7.11 Å². The third-order valence-corrected chi connectivity index (χ3v) is 6.60. The highest BCUT2D eigenvalue weighted by Crippen LogP contribution is 2.52. The Labute approximate surface area is 174 Å². The van der Waals surface area contributed by atoms with Gasteiger partial charge in [0.05, 0.1) is 19.8 Å². The summed E-state index contributed by atoms with van der Waals surface area (Å²) in [6.45, 7) is 10.5. The first kappa shape index (κ1) is 20.4. The lowest BCUT2D eigenvalue weighted by Crippen LogP contribution is -2.37. The smallest absolute Gasteiger partial charge is 0.254 e. The fourth-order valence-electron chi connectivity index (χ4n) is 5.78. The number of methoxy groups -OCH3 is 1. The summed E-state index contributed by atoms with van der Waals surface area (Å²) >= 11 is 0. The summed E-state index contributed by atoms with van der Waals surface area (Å²) in [7, 11) is 1.68. The van der Waals surface area contributed by atoms with Crippen molar-refractivity contribution in [2.75, 3.05) is 33.5 Å². The summed E-state index contributed by atoms with van der Waals surface area (Å²) in [5.74, 6) is 0.183. The lowest BCUT2D eigenvalue weighted by molar-refractivity contribution is 0.0670. The van der Waals surface area contributed by atoms with Crippen LogP contribution >= 0.6 is 0 Å². The van der Waals surface area contributed by atoms with E-state index in [4.69, 9.17) is 9.47 Å². The van der Waals surface area contributed by atoms with Crippen molar-refractivity contribution in [1.82, 2.24) is 9.47 Å². The summed E-state index contributed by atoms with van der Waals surface area (Å²) in [5, 5.41) is 1.16. The topological polar surface area (TPSA) is 43.7 Å². The molecule has 0 radical (unpaired) electrons. The number of likely N-dealkylation sites (tertiary alicyclic amines) is 1. The fourth-order valence-corrected chi connectivity index (χ4v) is 5.78. The Morgan fingerprint density at radius 1 is 1.14 bits per heavy atom. The van der Waals surface area contributed by atoms with E-state index in [0.29, 0.717) is 31.3 Å². The molecule has 4 rings (SSSR count). The van der Waals surface area contributed by atoms with Gasteiger partial charge in [-0.25, -0.2) is 0 Å². The van der Waals surface area contributed by atoms with E-state index in [9.17, 15) is 4.79 Å². The molecule has 0 spiro atoms. The quantitative estimate of drug-likeness (QED) is 0.652. The van der Waals surface area contributed by atoms with Gasteiger partial charge in [-0.15, -0.1) is 0 Å². The van der Waals surface area contributed by atoms with Crippen molar-refractivity contribution < 1.29 is 14.3 Å². The van der Waals surface area contributed by atoms with Crippen LogP contribution in [-0.2, 0) is 16.0 Å². The number of aromatic nitrogens is 1. The highest BCUT2D eigenvalue weighted by molar-refractivity contribution is 5.98. The number of benzene rings is 1. The van der Waals surface area contributed by atoms with Gasteiger partial charge in [-0.3, -0.25) is 4.79 Å². The second kappa shape index (κ2) is 7.77. The first-order valence-corrected chi connectivity index (χ1v) is 10.8. The minimum absolute atomic E-state index is 0.183. The molecule has 158 valence electrons. The Bertz CT molecular complexity index is 887. The molecule has 0 N–H and O–H groups in total. The van der Waals surface area contributed by atoms with Gasteiger partial charge in [0.15, 0.2) is 0 Å². The maximum absolute atomic E-state index is 13.4. The Balaban J connectivity index is 1.50. The lowest BCUT2D eigenvalue weighted by Gasteiger charge is -2.39. The SMILES string of the molecule is COCCOCCn1ccc2ccc(C(=O)N3CC4(C)CC3CC(C)(C)C4)cc21. The van der Waals surface area contributed by atoms with E-state index in [1.807, 2.05) is 6.07 Å². The Morgan fingerprint density at radius 2 is 1.97 bits per heavy atom. The second-order valence-electron chi connectivity index (χ2n) is 10.0. The third kappa shape index (κ3) is 4.22. The van der Waals surface area contributed by atoms with E-state index in [2.05, 4.69) is 54.6 Å². The molecule has 1 aliphatic carbocycles. The molecule has 5 nitrogen and oxygen atoms in total. The van der Waals surface area contributed by atoms with Crippen LogP contribution in [0.2, 0.25) is 0 Å². The molecule has 1 amide bonds. The molecule has 29 heavy (non-hydrogen) atoms. The number of carbonyl (C=O) groups is 1.